The lowest BCUT2D eigenvalue weighted by Crippen LogP contribution is -2.52. The zero-order chi connectivity index (χ0) is 16.9. The molecule has 2 aliphatic rings. The Morgan fingerprint density at radius 1 is 1.08 bits per heavy atom. The molecule has 0 bridgehead atoms. The molecule has 2 fully saturated rings. The van der Waals surface area contributed by atoms with Gasteiger partial charge in [-0.15, -0.1) is 0 Å². The predicted octanol–water partition coefficient (Wildman–Crippen LogP) is 2.31. The molecule has 1 amide bonds. The van der Waals surface area contributed by atoms with Gasteiger partial charge in [0.25, 0.3) is 0 Å². The molecule has 3 rings (SSSR count). The Hall–Kier alpha value is -1.39. The predicted molar refractivity (Wildman–Crippen MR) is 95.7 cm³/mol. The first-order chi connectivity index (χ1) is 11.6. The van der Waals surface area contributed by atoms with Gasteiger partial charge in [0.2, 0.25) is 5.91 Å². The van der Waals surface area contributed by atoms with E-state index in [1.165, 1.54) is 5.56 Å². The molecule has 1 aromatic carbocycles. The van der Waals surface area contributed by atoms with Crippen LogP contribution in [0.3, 0.4) is 0 Å². The highest BCUT2D eigenvalue weighted by atomic mass is 16.3. The summed E-state index contributed by atoms with van der Waals surface area (Å²) in [4.78, 5) is 17.0. The monoisotopic (exact) mass is 330 g/mol. The van der Waals surface area contributed by atoms with Crippen LogP contribution >= 0.6 is 0 Å². The molecule has 132 valence electrons. The number of hydrogen-bond donors (Lipinski definition) is 1. The Morgan fingerprint density at radius 2 is 1.71 bits per heavy atom. The standard InChI is InChI=1S/C20H30N2O2/c1-16(21-13-9-19(23)10-14-21)20(24)22-11-7-18(8-12-22)15-17-5-3-2-4-6-17/h2-6,16,18-19,23H,7-15H2,1H3. The SMILES string of the molecule is CC(C(=O)N1CCC(Cc2ccccc2)CC1)N1CCC(O)CC1. The van der Waals surface area contributed by atoms with Crippen molar-refractivity contribution in [3.05, 3.63) is 35.9 Å². The van der Waals surface area contributed by atoms with Gasteiger partial charge in [-0.3, -0.25) is 9.69 Å². The van der Waals surface area contributed by atoms with E-state index in [2.05, 4.69) is 40.1 Å². The first kappa shape index (κ1) is 17.4. The maximum absolute atomic E-state index is 12.8. The average molecular weight is 330 g/mol. The smallest absolute Gasteiger partial charge is 0.239 e. The Morgan fingerprint density at radius 3 is 2.33 bits per heavy atom. The Kier molecular flexibility index (Phi) is 5.90. The van der Waals surface area contributed by atoms with Crippen molar-refractivity contribution in [1.82, 2.24) is 9.80 Å². The molecule has 2 heterocycles. The van der Waals surface area contributed by atoms with Crippen molar-refractivity contribution in [1.29, 1.82) is 0 Å². The van der Waals surface area contributed by atoms with E-state index in [0.29, 0.717) is 5.92 Å². The van der Waals surface area contributed by atoms with Crippen LogP contribution < -0.4 is 0 Å². The van der Waals surface area contributed by atoms with Crippen LogP contribution in [0.25, 0.3) is 0 Å². The molecule has 1 N–H and O–H groups in total. The number of rotatable bonds is 4. The van der Waals surface area contributed by atoms with E-state index in [1.54, 1.807) is 0 Å². The molecule has 0 aliphatic carbocycles. The average Bonchev–Trinajstić information content (AvgIpc) is 2.63. The van der Waals surface area contributed by atoms with Crippen LogP contribution in [-0.4, -0.2) is 59.1 Å². The number of aliphatic hydroxyl groups excluding tert-OH is 1. The summed E-state index contributed by atoms with van der Waals surface area (Å²) in [6, 6.07) is 10.6. The molecule has 0 saturated carbocycles. The van der Waals surface area contributed by atoms with Gasteiger partial charge in [-0.1, -0.05) is 30.3 Å². The van der Waals surface area contributed by atoms with E-state index in [9.17, 15) is 9.90 Å². The van der Waals surface area contributed by atoms with Crippen molar-refractivity contribution in [3.63, 3.8) is 0 Å². The van der Waals surface area contributed by atoms with E-state index in [1.807, 2.05) is 6.92 Å². The molecule has 1 unspecified atom stereocenters. The zero-order valence-electron chi connectivity index (χ0n) is 14.7. The maximum atomic E-state index is 12.8. The van der Waals surface area contributed by atoms with Gasteiger partial charge in [0.15, 0.2) is 0 Å². The van der Waals surface area contributed by atoms with Crippen LogP contribution in [0.5, 0.6) is 0 Å². The molecule has 4 heteroatoms. The van der Waals surface area contributed by atoms with Crippen molar-refractivity contribution in [2.24, 2.45) is 5.92 Å². The van der Waals surface area contributed by atoms with Crippen LogP contribution in [0.4, 0.5) is 0 Å². The van der Waals surface area contributed by atoms with Crippen LogP contribution in [0, 0.1) is 5.92 Å². The quantitative estimate of drug-likeness (QED) is 0.921. The number of nitrogens with zero attached hydrogens (tertiary/aromatic N) is 2. The second-order valence-corrected chi connectivity index (χ2v) is 7.40. The second kappa shape index (κ2) is 8.13. The minimum Gasteiger partial charge on any atom is -0.393 e. The lowest BCUT2D eigenvalue weighted by atomic mass is 9.90. The van der Waals surface area contributed by atoms with Gasteiger partial charge >= 0.3 is 0 Å². The number of piperidine rings is 2. The third kappa shape index (κ3) is 4.37. The third-order valence-electron chi connectivity index (χ3n) is 5.70. The molecule has 2 aliphatic heterocycles. The number of benzene rings is 1. The van der Waals surface area contributed by atoms with Gasteiger partial charge < -0.3 is 10.0 Å². The summed E-state index contributed by atoms with van der Waals surface area (Å²) in [5.74, 6) is 0.960. The summed E-state index contributed by atoms with van der Waals surface area (Å²) in [6.45, 7) is 5.46. The highest BCUT2D eigenvalue weighted by molar-refractivity contribution is 5.81. The van der Waals surface area contributed by atoms with Crippen LogP contribution in [-0.2, 0) is 11.2 Å². The number of amides is 1. The van der Waals surface area contributed by atoms with Gasteiger partial charge in [-0.2, -0.15) is 0 Å². The summed E-state index contributed by atoms with van der Waals surface area (Å²) in [6.07, 6.45) is 4.73. The topological polar surface area (TPSA) is 43.8 Å². The summed E-state index contributed by atoms with van der Waals surface area (Å²) >= 11 is 0. The zero-order valence-corrected chi connectivity index (χ0v) is 14.7. The highest BCUT2D eigenvalue weighted by Gasteiger charge is 2.30. The molecular weight excluding hydrogens is 300 g/mol. The summed E-state index contributed by atoms with van der Waals surface area (Å²) in [5, 5.41) is 9.62. The fraction of sp³-hybridized carbons (Fsp3) is 0.650. The molecule has 24 heavy (non-hydrogen) atoms. The number of likely N-dealkylation sites (tertiary alicyclic amines) is 2. The van der Waals surface area contributed by atoms with Crippen LogP contribution in [0.15, 0.2) is 30.3 Å². The van der Waals surface area contributed by atoms with E-state index >= 15 is 0 Å². The summed E-state index contributed by atoms with van der Waals surface area (Å²) in [7, 11) is 0. The second-order valence-electron chi connectivity index (χ2n) is 7.40. The molecule has 4 nitrogen and oxygen atoms in total. The van der Waals surface area contributed by atoms with E-state index in [0.717, 1.165) is 58.3 Å². The lowest BCUT2D eigenvalue weighted by Gasteiger charge is -2.38. The van der Waals surface area contributed by atoms with Crippen molar-refractivity contribution >= 4 is 5.91 Å². The fourth-order valence-electron chi connectivity index (χ4n) is 4.00. The highest BCUT2D eigenvalue weighted by Crippen LogP contribution is 2.23. The minimum atomic E-state index is -0.183. The molecule has 2 saturated heterocycles. The van der Waals surface area contributed by atoms with Crippen molar-refractivity contribution in [2.45, 2.75) is 51.2 Å². The van der Waals surface area contributed by atoms with E-state index in [4.69, 9.17) is 0 Å². The first-order valence-electron chi connectivity index (χ1n) is 9.38. The maximum Gasteiger partial charge on any atom is 0.239 e. The molecule has 1 atom stereocenters. The first-order valence-corrected chi connectivity index (χ1v) is 9.38. The summed E-state index contributed by atoms with van der Waals surface area (Å²) < 4.78 is 0. The molecular formula is C20H30N2O2. The van der Waals surface area contributed by atoms with Gasteiger partial charge in [0.05, 0.1) is 12.1 Å². The number of hydrogen-bond acceptors (Lipinski definition) is 3. The molecule has 0 radical (unpaired) electrons. The summed E-state index contributed by atoms with van der Waals surface area (Å²) in [5.41, 5.74) is 1.41. The largest absolute Gasteiger partial charge is 0.393 e. The Labute approximate surface area is 145 Å². The van der Waals surface area contributed by atoms with Crippen molar-refractivity contribution < 1.29 is 9.90 Å². The molecule has 0 aromatic heterocycles. The van der Waals surface area contributed by atoms with E-state index in [-0.39, 0.29) is 18.1 Å². The van der Waals surface area contributed by atoms with Gasteiger partial charge in [-0.25, -0.2) is 0 Å². The van der Waals surface area contributed by atoms with Crippen LogP contribution in [0.1, 0.15) is 38.2 Å². The van der Waals surface area contributed by atoms with Crippen molar-refractivity contribution in [3.8, 4) is 0 Å². The Bertz CT molecular complexity index is 518. The van der Waals surface area contributed by atoms with E-state index < -0.39 is 0 Å². The number of aliphatic hydroxyl groups is 1. The number of carbonyl (C=O) groups is 1. The number of carbonyl (C=O) groups excluding carboxylic acids is 1. The van der Waals surface area contributed by atoms with Crippen molar-refractivity contribution in [2.75, 3.05) is 26.2 Å². The molecule has 1 aromatic rings. The minimum absolute atomic E-state index is 0.0526. The van der Waals surface area contributed by atoms with Gasteiger partial charge in [0, 0.05) is 26.2 Å². The van der Waals surface area contributed by atoms with Gasteiger partial charge in [-0.05, 0) is 50.5 Å². The fourth-order valence-corrected chi connectivity index (χ4v) is 4.00. The van der Waals surface area contributed by atoms with Crippen LogP contribution in [0.2, 0.25) is 0 Å². The normalized spacial score (nSPS) is 22.5. The molecule has 0 spiro atoms. The third-order valence-corrected chi connectivity index (χ3v) is 5.70. The lowest BCUT2D eigenvalue weighted by molar-refractivity contribution is -0.138. The Balaban J connectivity index is 1.46. The van der Waals surface area contributed by atoms with Gasteiger partial charge in [0.1, 0.15) is 0 Å².